The molecule has 0 radical (unpaired) electrons. The van der Waals surface area contributed by atoms with Gasteiger partial charge in [-0.3, -0.25) is 14.5 Å². The Morgan fingerprint density at radius 1 is 1.33 bits per heavy atom. The Morgan fingerprint density at radius 3 is 2.67 bits per heavy atom. The SMILES string of the molecule is CN1C(=O)C2CCN(CCN)CC2C1=O. The lowest BCUT2D eigenvalue weighted by Crippen LogP contribution is -2.43. The van der Waals surface area contributed by atoms with Crippen LogP contribution in [0.3, 0.4) is 0 Å². The highest BCUT2D eigenvalue weighted by atomic mass is 16.2. The molecule has 5 heteroatoms. The lowest BCUT2D eigenvalue weighted by atomic mass is 9.88. The first kappa shape index (κ1) is 10.6. The van der Waals surface area contributed by atoms with Crippen LogP contribution in [-0.2, 0) is 9.59 Å². The monoisotopic (exact) mass is 211 g/mol. The third kappa shape index (κ3) is 1.66. The molecule has 0 aromatic carbocycles. The van der Waals surface area contributed by atoms with Crippen LogP contribution in [-0.4, -0.2) is 54.8 Å². The topological polar surface area (TPSA) is 66.6 Å². The maximum atomic E-state index is 11.7. The van der Waals surface area contributed by atoms with Gasteiger partial charge in [0.25, 0.3) is 0 Å². The number of carbonyl (C=O) groups excluding carboxylic acids is 2. The summed E-state index contributed by atoms with van der Waals surface area (Å²) >= 11 is 0. The van der Waals surface area contributed by atoms with E-state index in [4.69, 9.17) is 5.73 Å². The van der Waals surface area contributed by atoms with Gasteiger partial charge in [-0.05, 0) is 13.0 Å². The van der Waals surface area contributed by atoms with Crippen molar-refractivity contribution < 1.29 is 9.59 Å². The molecular formula is C10H17N3O2. The molecule has 0 aliphatic carbocycles. The van der Waals surface area contributed by atoms with Crippen LogP contribution in [0.15, 0.2) is 0 Å². The molecule has 0 aromatic heterocycles. The maximum absolute atomic E-state index is 11.7. The highest BCUT2D eigenvalue weighted by molar-refractivity contribution is 6.05. The molecule has 2 rings (SSSR count). The average Bonchev–Trinajstić information content (AvgIpc) is 2.45. The molecule has 0 spiro atoms. The minimum absolute atomic E-state index is 0.00241. The lowest BCUT2D eigenvalue weighted by molar-refractivity contribution is -0.138. The Balaban J connectivity index is 2.08. The summed E-state index contributed by atoms with van der Waals surface area (Å²) in [4.78, 5) is 26.9. The van der Waals surface area contributed by atoms with E-state index in [9.17, 15) is 9.59 Å². The van der Waals surface area contributed by atoms with E-state index in [0.717, 1.165) is 19.5 Å². The number of piperidine rings is 1. The van der Waals surface area contributed by atoms with Gasteiger partial charge in [-0.25, -0.2) is 0 Å². The van der Waals surface area contributed by atoms with E-state index >= 15 is 0 Å². The fourth-order valence-corrected chi connectivity index (χ4v) is 2.56. The lowest BCUT2D eigenvalue weighted by Gasteiger charge is -2.31. The second kappa shape index (κ2) is 3.90. The van der Waals surface area contributed by atoms with E-state index in [2.05, 4.69) is 4.90 Å². The minimum atomic E-state index is -0.122. The van der Waals surface area contributed by atoms with Gasteiger partial charge >= 0.3 is 0 Å². The number of nitrogens with two attached hydrogens (primary N) is 1. The smallest absolute Gasteiger partial charge is 0.234 e. The van der Waals surface area contributed by atoms with Crippen LogP contribution in [0.1, 0.15) is 6.42 Å². The number of amides is 2. The molecule has 2 N–H and O–H groups in total. The van der Waals surface area contributed by atoms with E-state index in [1.54, 1.807) is 7.05 Å². The van der Waals surface area contributed by atoms with Gasteiger partial charge < -0.3 is 10.6 Å². The first-order chi connectivity index (χ1) is 7.15. The quantitative estimate of drug-likeness (QED) is 0.588. The summed E-state index contributed by atoms with van der Waals surface area (Å²) in [6, 6.07) is 0. The molecule has 0 bridgehead atoms. The van der Waals surface area contributed by atoms with Crippen molar-refractivity contribution in [3.8, 4) is 0 Å². The van der Waals surface area contributed by atoms with Crippen LogP contribution >= 0.6 is 0 Å². The van der Waals surface area contributed by atoms with E-state index in [0.29, 0.717) is 13.1 Å². The molecular weight excluding hydrogens is 194 g/mol. The molecule has 15 heavy (non-hydrogen) atoms. The number of hydrogen-bond donors (Lipinski definition) is 1. The Bertz CT molecular complexity index is 292. The molecule has 2 amide bonds. The highest BCUT2D eigenvalue weighted by Crippen LogP contribution is 2.32. The Morgan fingerprint density at radius 2 is 2.00 bits per heavy atom. The molecule has 2 aliphatic rings. The highest BCUT2D eigenvalue weighted by Gasteiger charge is 2.47. The molecule has 2 aliphatic heterocycles. The average molecular weight is 211 g/mol. The van der Waals surface area contributed by atoms with E-state index in [1.807, 2.05) is 0 Å². The summed E-state index contributed by atoms with van der Waals surface area (Å²) in [6.45, 7) is 2.99. The van der Waals surface area contributed by atoms with Crippen molar-refractivity contribution in [1.82, 2.24) is 9.80 Å². The molecule has 2 heterocycles. The molecule has 5 nitrogen and oxygen atoms in total. The van der Waals surface area contributed by atoms with Crippen LogP contribution in [0.2, 0.25) is 0 Å². The zero-order valence-corrected chi connectivity index (χ0v) is 8.98. The van der Waals surface area contributed by atoms with E-state index in [-0.39, 0.29) is 23.7 Å². The summed E-state index contributed by atoms with van der Waals surface area (Å²) in [5.74, 6) is -0.219. The Hall–Kier alpha value is -0.940. The normalized spacial score (nSPS) is 32.3. The molecule has 2 fully saturated rings. The number of hydrogen-bond acceptors (Lipinski definition) is 4. The summed E-state index contributed by atoms with van der Waals surface area (Å²) in [7, 11) is 1.58. The number of carbonyl (C=O) groups is 2. The summed E-state index contributed by atoms with van der Waals surface area (Å²) in [5.41, 5.74) is 5.48. The van der Waals surface area contributed by atoms with Crippen molar-refractivity contribution in [3.05, 3.63) is 0 Å². The van der Waals surface area contributed by atoms with Crippen LogP contribution in [0, 0.1) is 11.8 Å². The predicted octanol–water partition coefficient (Wildman–Crippen LogP) is -1.12. The number of likely N-dealkylation sites (tertiary alicyclic amines) is 2. The first-order valence-electron chi connectivity index (χ1n) is 5.39. The third-order valence-corrected chi connectivity index (χ3v) is 3.44. The summed E-state index contributed by atoms with van der Waals surface area (Å²) in [5, 5.41) is 0. The van der Waals surface area contributed by atoms with Crippen LogP contribution in [0.4, 0.5) is 0 Å². The van der Waals surface area contributed by atoms with E-state index in [1.165, 1.54) is 4.90 Å². The van der Waals surface area contributed by atoms with Crippen LogP contribution < -0.4 is 5.73 Å². The molecule has 2 atom stereocenters. The van der Waals surface area contributed by atoms with Gasteiger partial charge in [-0.15, -0.1) is 0 Å². The minimum Gasteiger partial charge on any atom is -0.329 e. The third-order valence-electron chi connectivity index (χ3n) is 3.44. The van der Waals surface area contributed by atoms with Crippen molar-refractivity contribution >= 4 is 11.8 Å². The van der Waals surface area contributed by atoms with E-state index < -0.39 is 0 Å². The number of fused-ring (bicyclic) bond motifs is 1. The predicted molar refractivity (Wildman–Crippen MR) is 54.9 cm³/mol. The van der Waals surface area contributed by atoms with Gasteiger partial charge in [-0.1, -0.05) is 0 Å². The molecule has 2 saturated heterocycles. The van der Waals surface area contributed by atoms with Crippen molar-refractivity contribution in [2.24, 2.45) is 17.6 Å². The molecule has 0 aromatic rings. The maximum Gasteiger partial charge on any atom is 0.234 e. The van der Waals surface area contributed by atoms with Gasteiger partial charge in [-0.2, -0.15) is 0 Å². The second-order valence-corrected chi connectivity index (χ2v) is 4.33. The van der Waals surface area contributed by atoms with Crippen molar-refractivity contribution in [2.45, 2.75) is 6.42 Å². The van der Waals surface area contributed by atoms with Gasteiger partial charge in [0.15, 0.2) is 0 Å². The van der Waals surface area contributed by atoms with Gasteiger partial charge in [0.1, 0.15) is 0 Å². The zero-order chi connectivity index (χ0) is 11.0. The van der Waals surface area contributed by atoms with Crippen molar-refractivity contribution in [3.63, 3.8) is 0 Å². The number of imide groups is 1. The van der Waals surface area contributed by atoms with Crippen LogP contribution in [0.25, 0.3) is 0 Å². The largest absolute Gasteiger partial charge is 0.329 e. The standard InChI is InChI=1S/C10H17N3O2/c1-12-9(14)7-2-4-13(5-3-11)6-8(7)10(12)15/h7-8H,2-6,11H2,1H3. The fraction of sp³-hybridized carbons (Fsp3) is 0.800. The molecule has 2 unspecified atom stereocenters. The van der Waals surface area contributed by atoms with Crippen LogP contribution in [0.5, 0.6) is 0 Å². The van der Waals surface area contributed by atoms with Gasteiger partial charge in [0.2, 0.25) is 11.8 Å². The Kier molecular flexibility index (Phi) is 2.75. The number of nitrogens with zero attached hydrogens (tertiary/aromatic N) is 2. The summed E-state index contributed by atoms with van der Waals surface area (Å²) in [6.07, 6.45) is 0.791. The van der Waals surface area contributed by atoms with Gasteiger partial charge in [0, 0.05) is 26.7 Å². The second-order valence-electron chi connectivity index (χ2n) is 4.33. The number of rotatable bonds is 2. The molecule has 84 valence electrons. The molecule has 0 saturated carbocycles. The first-order valence-corrected chi connectivity index (χ1v) is 5.39. The van der Waals surface area contributed by atoms with Gasteiger partial charge in [0.05, 0.1) is 11.8 Å². The zero-order valence-electron chi connectivity index (χ0n) is 8.98. The van der Waals surface area contributed by atoms with Crippen molar-refractivity contribution in [2.75, 3.05) is 33.2 Å². The van der Waals surface area contributed by atoms with Crippen molar-refractivity contribution in [1.29, 1.82) is 0 Å². The Labute approximate surface area is 89.2 Å². The fourth-order valence-electron chi connectivity index (χ4n) is 2.56. The summed E-state index contributed by atoms with van der Waals surface area (Å²) < 4.78 is 0.